The van der Waals surface area contributed by atoms with Crippen molar-refractivity contribution in [2.75, 3.05) is 11.9 Å². The van der Waals surface area contributed by atoms with Crippen molar-refractivity contribution in [1.82, 2.24) is 4.31 Å². The molecule has 7 heteroatoms. The second kappa shape index (κ2) is 7.78. The molecule has 0 unspecified atom stereocenters. The number of carbonyl (C=O) groups is 1. The number of rotatable bonds is 5. The van der Waals surface area contributed by atoms with Gasteiger partial charge in [-0.05, 0) is 49.6 Å². The summed E-state index contributed by atoms with van der Waals surface area (Å²) in [6, 6.07) is 13.5. The largest absolute Gasteiger partial charge is 0.325 e. The van der Waals surface area contributed by atoms with E-state index in [1.165, 1.54) is 4.31 Å². The van der Waals surface area contributed by atoms with Crippen LogP contribution in [0.3, 0.4) is 0 Å². The van der Waals surface area contributed by atoms with Crippen LogP contribution in [0.15, 0.2) is 48.5 Å². The normalized spacial score (nSPS) is 18.0. The van der Waals surface area contributed by atoms with E-state index in [1.54, 1.807) is 24.3 Å². The Morgan fingerprint density at radius 2 is 1.81 bits per heavy atom. The van der Waals surface area contributed by atoms with Crippen molar-refractivity contribution in [3.05, 3.63) is 64.7 Å². The molecule has 1 fully saturated rings. The molecule has 0 spiro atoms. The van der Waals surface area contributed by atoms with E-state index in [0.717, 1.165) is 11.1 Å². The zero-order chi connectivity index (χ0) is 18.7. The van der Waals surface area contributed by atoms with Gasteiger partial charge in [-0.25, -0.2) is 8.42 Å². The molecule has 0 radical (unpaired) electrons. The van der Waals surface area contributed by atoms with E-state index in [-0.39, 0.29) is 11.7 Å². The minimum Gasteiger partial charge on any atom is -0.325 e. The van der Waals surface area contributed by atoms with Crippen LogP contribution in [-0.4, -0.2) is 31.2 Å². The van der Waals surface area contributed by atoms with Gasteiger partial charge in [0.2, 0.25) is 15.9 Å². The predicted molar refractivity (Wildman–Crippen MR) is 104 cm³/mol. The number of nitrogens with one attached hydrogen (secondary N) is 1. The smallest absolute Gasteiger partial charge is 0.242 e. The molecule has 5 nitrogen and oxygen atoms in total. The molecular formula is C19H21ClN2O3S. The van der Waals surface area contributed by atoms with E-state index >= 15 is 0 Å². The van der Waals surface area contributed by atoms with E-state index in [1.807, 2.05) is 31.2 Å². The van der Waals surface area contributed by atoms with Crippen molar-refractivity contribution in [3.8, 4) is 0 Å². The Hall–Kier alpha value is -1.89. The van der Waals surface area contributed by atoms with Gasteiger partial charge < -0.3 is 5.32 Å². The summed E-state index contributed by atoms with van der Waals surface area (Å²) in [4.78, 5) is 12.6. The third-order valence-electron chi connectivity index (χ3n) is 4.45. The van der Waals surface area contributed by atoms with Crippen LogP contribution in [-0.2, 0) is 20.6 Å². The zero-order valence-corrected chi connectivity index (χ0v) is 16.1. The number of carbonyl (C=O) groups excluding carboxylic acids is 1. The maximum Gasteiger partial charge on any atom is 0.242 e. The minimum atomic E-state index is -3.57. The second-order valence-corrected chi connectivity index (χ2v) is 8.86. The average molecular weight is 393 g/mol. The van der Waals surface area contributed by atoms with Gasteiger partial charge >= 0.3 is 0 Å². The fourth-order valence-electron chi connectivity index (χ4n) is 3.07. The molecule has 2 aromatic carbocycles. The molecule has 0 aromatic heterocycles. The van der Waals surface area contributed by atoms with Crippen molar-refractivity contribution in [1.29, 1.82) is 0 Å². The lowest BCUT2D eigenvalue weighted by Gasteiger charge is -2.23. The zero-order valence-electron chi connectivity index (χ0n) is 14.5. The van der Waals surface area contributed by atoms with Gasteiger partial charge in [0.05, 0.1) is 5.75 Å². The quantitative estimate of drug-likeness (QED) is 0.845. The molecule has 3 rings (SSSR count). The number of sulfonamides is 1. The lowest BCUT2D eigenvalue weighted by atomic mass is 10.2. The van der Waals surface area contributed by atoms with E-state index in [4.69, 9.17) is 11.6 Å². The number of halogens is 1. The van der Waals surface area contributed by atoms with Gasteiger partial charge in [0, 0.05) is 17.3 Å². The Balaban J connectivity index is 1.72. The Morgan fingerprint density at radius 1 is 1.15 bits per heavy atom. The van der Waals surface area contributed by atoms with Gasteiger partial charge in [-0.15, -0.1) is 0 Å². The van der Waals surface area contributed by atoms with Gasteiger partial charge in [0.25, 0.3) is 0 Å². The maximum absolute atomic E-state index is 12.8. The van der Waals surface area contributed by atoms with Gasteiger partial charge in [0.1, 0.15) is 6.04 Å². The molecule has 0 aliphatic carbocycles. The van der Waals surface area contributed by atoms with Crippen molar-refractivity contribution in [2.24, 2.45) is 0 Å². The topological polar surface area (TPSA) is 66.5 Å². The fraction of sp³-hybridized carbons (Fsp3) is 0.316. The first kappa shape index (κ1) is 18.9. The number of hydrogen-bond donors (Lipinski definition) is 1. The van der Waals surface area contributed by atoms with E-state index in [0.29, 0.717) is 30.1 Å². The van der Waals surface area contributed by atoms with Crippen LogP contribution in [0.5, 0.6) is 0 Å². The number of hydrogen-bond acceptors (Lipinski definition) is 3. The molecule has 1 heterocycles. The first-order valence-electron chi connectivity index (χ1n) is 8.47. The number of amides is 1. The monoisotopic (exact) mass is 392 g/mol. The maximum atomic E-state index is 12.8. The van der Waals surface area contributed by atoms with Gasteiger partial charge in [0.15, 0.2) is 0 Å². The lowest BCUT2D eigenvalue weighted by Crippen LogP contribution is -2.43. The van der Waals surface area contributed by atoms with Gasteiger partial charge in [-0.2, -0.15) is 4.31 Å². The SMILES string of the molecule is Cc1ccc(CS(=O)(=O)N2CCC[C@@H]2C(=O)Nc2ccc(Cl)cc2)cc1. The van der Waals surface area contributed by atoms with Crippen LogP contribution in [0.4, 0.5) is 5.69 Å². The number of aryl methyl sites for hydroxylation is 1. The minimum absolute atomic E-state index is 0.0992. The van der Waals surface area contributed by atoms with Crippen molar-refractivity contribution in [3.63, 3.8) is 0 Å². The molecule has 0 bridgehead atoms. The van der Waals surface area contributed by atoms with E-state index in [2.05, 4.69) is 5.32 Å². The second-order valence-electron chi connectivity index (χ2n) is 6.51. The van der Waals surface area contributed by atoms with Crippen molar-refractivity contribution >= 4 is 33.2 Å². The van der Waals surface area contributed by atoms with E-state index in [9.17, 15) is 13.2 Å². The van der Waals surface area contributed by atoms with E-state index < -0.39 is 16.1 Å². The summed E-state index contributed by atoms with van der Waals surface area (Å²) in [5.41, 5.74) is 2.40. The first-order chi connectivity index (χ1) is 12.3. The molecule has 1 aliphatic rings. The highest BCUT2D eigenvalue weighted by molar-refractivity contribution is 7.88. The Labute approximate surface area is 159 Å². The van der Waals surface area contributed by atoms with Crippen LogP contribution in [0.2, 0.25) is 5.02 Å². The Bertz CT molecular complexity index is 880. The summed E-state index contributed by atoms with van der Waals surface area (Å²) in [6.07, 6.45) is 1.19. The van der Waals surface area contributed by atoms with Crippen LogP contribution in [0.1, 0.15) is 24.0 Å². The lowest BCUT2D eigenvalue weighted by molar-refractivity contribution is -0.119. The van der Waals surface area contributed by atoms with Crippen LogP contribution in [0, 0.1) is 6.92 Å². The van der Waals surface area contributed by atoms with Crippen molar-refractivity contribution in [2.45, 2.75) is 31.6 Å². The van der Waals surface area contributed by atoms with Crippen LogP contribution < -0.4 is 5.32 Å². The van der Waals surface area contributed by atoms with Gasteiger partial charge in [-0.3, -0.25) is 4.79 Å². The highest BCUT2D eigenvalue weighted by Crippen LogP contribution is 2.25. The van der Waals surface area contributed by atoms with Crippen LogP contribution >= 0.6 is 11.6 Å². The highest BCUT2D eigenvalue weighted by atomic mass is 35.5. The summed E-state index contributed by atoms with van der Waals surface area (Å²) in [7, 11) is -3.57. The summed E-state index contributed by atoms with van der Waals surface area (Å²) in [5, 5.41) is 3.36. The number of anilines is 1. The molecule has 0 saturated carbocycles. The summed E-state index contributed by atoms with van der Waals surface area (Å²) in [6.45, 7) is 2.32. The summed E-state index contributed by atoms with van der Waals surface area (Å²) in [5.74, 6) is -0.407. The van der Waals surface area contributed by atoms with Crippen LogP contribution in [0.25, 0.3) is 0 Å². The standard InChI is InChI=1S/C19H21ClN2O3S/c1-14-4-6-15(7-5-14)13-26(24,25)22-12-2-3-18(22)19(23)21-17-10-8-16(20)9-11-17/h4-11,18H,2-3,12-13H2,1H3,(H,21,23)/t18-/m1/s1. The molecule has 1 saturated heterocycles. The third-order valence-corrected chi connectivity index (χ3v) is 6.55. The molecule has 2 aromatic rings. The molecule has 1 N–H and O–H groups in total. The fourth-order valence-corrected chi connectivity index (χ4v) is 4.97. The first-order valence-corrected chi connectivity index (χ1v) is 10.5. The average Bonchev–Trinajstić information content (AvgIpc) is 3.10. The number of nitrogens with zero attached hydrogens (tertiary/aromatic N) is 1. The molecule has 138 valence electrons. The molecule has 1 atom stereocenters. The molecule has 26 heavy (non-hydrogen) atoms. The third kappa shape index (κ3) is 4.44. The van der Waals surface area contributed by atoms with Crippen molar-refractivity contribution < 1.29 is 13.2 Å². The Kier molecular flexibility index (Phi) is 5.65. The van der Waals surface area contributed by atoms with Gasteiger partial charge in [-0.1, -0.05) is 41.4 Å². The Morgan fingerprint density at radius 3 is 2.46 bits per heavy atom. The summed E-state index contributed by atoms with van der Waals surface area (Å²) >= 11 is 5.84. The highest BCUT2D eigenvalue weighted by Gasteiger charge is 2.38. The molecular weight excluding hydrogens is 372 g/mol. The number of benzene rings is 2. The molecule has 1 amide bonds. The molecule has 1 aliphatic heterocycles. The summed E-state index contributed by atoms with van der Waals surface area (Å²) < 4.78 is 27.0. The predicted octanol–water partition coefficient (Wildman–Crippen LogP) is 3.58.